The van der Waals surface area contributed by atoms with Crippen molar-refractivity contribution in [1.82, 2.24) is 19.7 Å². The standard InChI is InChI=1S/C17H21N5O.3C2HF3O2/c1-20-12-14(10-19-20)22-16-7-9-21(15(16)5-6-17(22)23)11-13-4-2-3-8-18-13;3*3-2(4,5)1(6)7/h2-4,8,10,12,15-16H,5-7,9,11H2,1H3;3*(H,6,7)/t15-,16-;;;/m1.../s1. The lowest BCUT2D eigenvalue weighted by Crippen LogP contribution is -2.52. The number of piperidine rings is 1. The van der Waals surface area contributed by atoms with Crippen molar-refractivity contribution in [2.75, 3.05) is 11.4 Å². The molecule has 2 aliphatic heterocycles. The van der Waals surface area contributed by atoms with Crippen LogP contribution in [0.25, 0.3) is 0 Å². The Morgan fingerprint density at radius 3 is 1.75 bits per heavy atom. The molecule has 2 aromatic rings. The molecule has 0 unspecified atom stereocenters. The van der Waals surface area contributed by atoms with E-state index in [1.54, 1.807) is 10.9 Å². The first-order valence-electron chi connectivity index (χ1n) is 11.9. The van der Waals surface area contributed by atoms with Crippen LogP contribution in [0.3, 0.4) is 0 Å². The van der Waals surface area contributed by atoms with Crippen LogP contribution in [0.1, 0.15) is 25.0 Å². The van der Waals surface area contributed by atoms with Crippen LogP contribution in [0.4, 0.5) is 45.2 Å². The van der Waals surface area contributed by atoms with Crippen LogP contribution in [0.15, 0.2) is 36.8 Å². The molecule has 2 saturated heterocycles. The lowest BCUT2D eigenvalue weighted by Gasteiger charge is -2.39. The summed E-state index contributed by atoms with van der Waals surface area (Å²) in [6.07, 6.45) is -7.13. The van der Waals surface area contributed by atoms with Gasteiger partial charge in [-0.25, -0.2) is 14.4 Å². The van der Waals surface area contributed by atoms with E-state index in [4.69, 9.17) is 29.7 Å². The Balaban J connectivity index is 0.000000379. The molecule has 44 heavy (non-hydrogen) atoms. The van der Waals surface area contributed by atoms with Crippen molar-refractivity contribution in [3.8, 4) is 0 Å². The van der Waals surface area contributed by atoms with Crippen molar-refractivity contribution in [2.24, 2.45) is 7.05 Å². The number of carbonyl (C=O) groups is 4. The number of amides is 1. The Hall–Kier alpha value is -4.43. The van der Waals surface area contributed by atoms with Crippen LogP contribution >= 0.6 is 0 Å². The monoisotopic (exact) mass is 653 g/mol. The van der Waals surface area contributed by atoms with E-state index in [1.807, 2.05) is 36.5 Å². The number of hydrogen-bond donors (Lipinski definition) is 3. The third-order valence-electron chi connectivity index (χ3n) is 5.67. The van der Waals surface area contributed by atoms with Crippen LogP contribution < -0.4 is 4.90 Å². The zero-order valence-corrected chi connectivity index (χ0v) is 22.3. The molecule has 12 nitrogen and oxygen atoms in total. The quantitative estimate of drug-likeness (QED) is 0.418. The molecule has 2 fully saturated rings. The summed E-state index contributed by atoms with van der Waals surface area (Å²) < 4.78 is 97.0. The van der Waals surface area contributed by atoms with Crippen molar-refractivity contribution < 1.29 is 74.0 Å². The molecule has 21 heteroatoms. The highest BCUT2D eigenvalue weighted by molar-refractivity contribution is 5.94. The van der Waals surface area contributed by atoms with Gasteiger partial charge < -0.3 is 20.2 Å². The Morgan fingerprint density at radius 2 is 1.36 bits per heavy atom. The number of anilines is 1. The molecular weight excluding hydrogens is 629 g/mol. The first kappa shape index (κ1) is 37.6. The number of pyridine rings is 1. The van der Waals surface area contributed by atoms with E-state index in [0.29, 0.717) is 12.5 Å². The number of fused-ring (bicyclic) bond motifs is 1. The molecule has 2 atom stereocenters. The van der Waals surface area contributed by atoms with Crippen LogP contribution in [-0.2, 0) is 32.8 Å². The summed E-state index contributed by atoms with van der Waals surface area (Å²) in [4.78, 5) is 48.0. The molecule has 0 saturated carbocycles. The van der Waals surface area contributed by atoms with Crippen LogP contribution in [-0.4, -0.2) is 96.0 Å². The number of carboxylic acid groups (broad SMARTS) is 3. The van der Waals surface area contributed by atoms with Crippen molar-refractivity contribution in [2.45, 2.75) is 56.4 Å². The molecule has 246 valence electrons. The molecule has 0 spiro atoms. The number of carboxylic acids is 3. The second kappa shape index (κ2) is 15.3. The topological polar surface area (TPSA) is 166 Å². The Kier molecular flexibility index (Phi) is 13.1. The van der Waals surface area contributed by atoms with E-state index in [9.17, 15) is 44.3 Å². The van der Waals surface area contributed by atoms with E-state index in [1.165, 1.54) is 0 Å². The number of nitrogens with zero attached hydrogens (tertiary/aromatic N) is 5. The Labute approximate surface area is 241 Å². The maximum absolute atomic E-state index is 12.5. The summed E-state index contributed by atoms with van der Waals surface area (Å²) in [5, 5.41) is 25.6. The second-order valence-corrected chi connectivity index (χ2v) is 8.80. The average Bonchev–Trinajstić information content (AvgIpc) is 3.50. The summed E-state index contributed by atoms with van der Waals surface area (Å²) in [7, 11) is 1.89. The third-order valence-corrected chi connectivity index (χ3v) is 5.67. The number of halogens is 9. The molecule has 0 aromatic carbocycles. The molecule has 0 aliphatic carbocycles. The van der Waals surface area contributed by atoms with Gasteiger partial charge in [0.05, 0.1) is 23.6 Å². The third kappa shape index (κ3) is 12.1. The molecular formula is C23H24F9N5O7. The first-order valence-corrected chi connectivity index (χ1v) is 11.9. The summed E-state index contributed by atoms with van der Waals surface area (Å²) in [5.41, 5.74) is 2.02. The van der Waals surface area contributed by atoms with E-state index >= 15 is 0 Å². The summed E-state index contributed by atoms with van der Waals surface area (Å²) in [5.74, 6) is -8.05. The van der Waals surface area contributed by atoms with Gasteiger partial charge in [0, 0.05) is 45.0 Å². The fraction of sp³-hybridized carbons (Fsp3) is 0.478. The predicted molar refractivity (Wildman–Crippen MR) is 128 cm³/mol. The molecule has 4 heterocycles. The second-order valence-electron chi connectivity index (χ2n) is 8.80. The summed E-state index contributed by atoms with van der Waals surface area (Å²) in [6.45, 7) is 1.87. The number of aliphatic carboxylic acids is 3. The van der Waals surface area contributed by atoms with Gasteiger partial charge in [0.2, 0.25) is 5.91 Å². The molecule has 1 amide bonds. The van der Waals surface area contributed by atoms with Gasteiger partial charge in [-0.1, -0.05) is 6.07 Å². The van der Waals surface area contributed by atoms with Gasteiger partial charge in [0.15, 0.2) is 0 Å². The molecule has 4 rings (SSSR count). The normalized spacial score (nSPS) is 18.4. The van der Waals surface area contributed by atoms with Crippen molar-refractivity contribution in [3.63, 3.8) is 0 Å². The number of aryl methyl sites for hydroxylation is 1. The van der Waals surface area contributed by atoms with Gasteiger partial charge in [-0.15, -0.1) is 0 Å². The van der Waals surface area contributed by atoms with E-state index in [0.717, 1.165) is 37.3 Å². The Bertz CT molecular complexity index is 1210. The first-order chi connectivity index (χ1) is 20.1. The summed E-state index contributed by atoms with van der Waals surface area (Å²) >= 11 is 0. The number of alkyl halides is 9. The van der Waals surface area contributed by atoms with Gasteiger partial charge in [-0.2, -0.15) is 44.6 Å². The minimum absolute atomic E-state index is 0.221. The van der Waals surface area contributed by atoms with E-state index in [2.05, 4.69) is 21.0 Å². The van der Waals surface area contributed by atoms with Crippen LogP contribution in [0.2, 0.25) is 0 Å². The summed E-state index contributed by atoms with van der Waals surface area (Å²) in [6, 6.07) is 6.71. The maximum atomic E-state index is 12.5. The molecule has 0 bridgehead atoms. The highest BCUT2D eigenvalue weighted by atomic mass is 19.4. The number of carbonyl (C=O) groups excluding carboxylic acids is 1. The van der Waals surface area contributed by atoms with E-state index in [-0.39, 0.29) is 11.9 Å². The largest absolute Gasteiger partial charge is 0.490 e. The number of hydrogen-bond acceptors (Lipinski definition) is 7. The minimum atomic E-state index is -5.08. The maximum Gasteiger partial charge on any atom is 0.490 e. The van der Waals surface area contributed by atoms with Crippen LogP contribution in [0.5, 0.6) is 0 Å². The number of likely N-dealkylation sites (tertiary alicyclic amines) is 1. The lowest BCUT2D eigenvalue weighted by molar-refractivity contribution is -0.193. The highest BCUT2D eigenvalue weighted by Crippen LogP contribution is 2.35. The Morgan fingerprint density at radius 1 is 0.864 bits per heavy atom. The van der Waals surface area contributed by atoms with Gasteiger partial charge in [-0.05, 0) is 25.0 Å². The number of aromatic nitrogens is 3. The highest BCUT2D eigenvalue weighted by Gasteiger charge is 2.44. The fourth-order valence-electron chi connectivity index (χ4n) is 3.92. The van der Waals surface area contributed by atoms with Crippen molar-refractivity contribution >= 4 is 29.5 Å². The molecule has 2 aliphatic rings. The average molecular weight is 653 g/mol. The molecule has 3 N–H and O–H groups in total. The van der Waals surface area contributed by atoms with Gasteiger partial charge in [0.25, 0.3) is 0 Å². The minimum Gasteiger partial charge on any atom is -0.475 e. The number of rotatable bonds is 3. The van der Waals surface area contributed by atoms with E-state index < -0.39 is 36.4 Å². The van der Waals surface area contributed by atoms with Gasteiger partial charge in [-0.3, -0.25) is 19.4 Å². The SMILES string of the molecule is Cn1cc(N2C(=O)CC[C@@H]3[C@H]2CCN3Cc2ccccn2)cn1.O=C(O)C(F)(F)F.O=C(O)C(F)(F)F.O=C(O)C(F)(F)F. The van der Waals surface area contributed by atoms with Crippen molar-refractivity contribution in [3.05, 3.63) is 42.5 Å². The zero-order valence-electron chi connectivity index (χ0n) is 22.3. The zero-order chi connectivity index (χ0) is 34.0. The predicted octanol–water partition coefficient (Wildman–Crippen LogP) is 3.48. The van der Waals surface area contributed by atoms with Crippen LogP contribution in [0, 0.1) is 0 Å². The fourth-order valence-corrected chi connectivity index (χ4v) is 3.92. The lowest BCUT2D eigenvalue weighted by atomic mass is 9.96. The van der Waals surface area contributed by atoms with Gasteiger partial charge >= 0.3 is 36.4 Å². The van der Waals surface area contributed by atoms with Gasteiger partial charge in [0.1, 0.15) is 0 Å². The molecule has 2 aromatic heterocycles. The van der Waals surface area contributed by atoms with Crippen molar-refractivity contribution in [1.29, 1.82) is 0 Å². The smallest absolute Gasteiger partial charge is 0.475 e. The molecule has 0 radical (unpaired) electrons.